The Morgan fingerprint density at radius 2 is 2.15 bits per heavy atom. The molecule has 0 spiro atoms. The van der Waals surface area contributed by atoms with Gasteiger partial charge < -0.3 is 10.1 Å². The molecule has 1 N–H and O–H groups in total. The van der Waals surface area contributed by atoms with Gasteiger partial charge in [-0.05, 0) is 56.5 Å². The number of nitrogens with one attached hydrogen (secondary N) is 1. The molecule has 0 bridgehead atoms. The van der Waals surface area contributed by atoms with Gasteiger partial charge in [0.05, 0.1) is 18.1 Å². The fourth-order valence-corrected chi connectivity index (χ4v) is 4.46. The maximum Gasteiger partial charge on any atom is 0.153 e. The van der Waals surface area contributed by atoms with Crippen LogP contribution in [0, 0.1) is 0 Å². The Morgan fingerprint density at radius 1 is 1.30 bits per heavy atom. The van der Waals surface area contributed by atoms with E-state index in [1.165, 1.54) is 0 Å². The quantitative estimate of drug-likeness (QED) is 0.900. The highest BCUT2D eigenvalue weighted by Gasteiger charge is 2.25. The van der Waals surface area contributed by atoms with E-state index in [1.807, 2.05) is 24.3 Å². The van der Waals surface area contributed by atoms with Crippen molar-refractivity contribution in [3.8, 4) is 5.75 Å². The molecule has 1 unspecified atom stereocenters. The third-order valence-electron chi connectivity index (χ3n) is 3.84. The number of sulfone groups is 1. The molecule has 1 fully saturated rings. The molecule has 5 heteroatoms. The lowest BCUT2D eigenvalue weighted by atomic mass is 10.2. The van der Waals surface area contributed by atoms with E-state index in [-0.39, 0.29) is 11.0 Å². The Bertz CT molecular complexity index is 520. The summed E-state index contributed by atoms with van der Waals surface area (Å²) in [6.45, 7) is 1.74. The molecule has 0 amide bonds. The lowest BCUT2D eigenvalue weighted by Crippen LogP contribution is -2.26. The van der Waals surface area contributed by atoms with Crippen LogP contribution in [0.1, 0.15) is 24.8 Å². The summed E-state index contributed by atoms with van der Waals surface area (Å²) in [6, 6.07) is 7.63. The monoisotopic (exact) mass is 297 g/mol. The van der Waals surface area contributed by atoms with Crippen molar-refractivity contribution in [3.63, 3.8) is 0 Å². The molecular formula is C15H23NO3S. The zero-order chi connectivity index (χ0) is 14.4. The highest BCUT2D eigenvalue weighted by molar-refractivity contribution is 7.92. The smallest absolute Gasteiger partial charge is 0.153 e. The number of ether oxygens (including phenoxy) is 1. The van der Waals surface area contributed by atoms with Crippen molar-refractivity contribution in [3.05, 3.63) is 29.8 Å². The maximum atomic E-state index is 12.4. The van der Waals surface area contributed by atoms with Gasteiger partial charge in [-0.1, -0.05) is 12.1 Å². The molecule has 1 aromatic carbocycles. The number of hydrogen-bond acceptors (Lipinski definition) is 4. The van der Waals surface area contributed by atoms with Crippen LogP contribution in [0.3, 0.4) is 0 Å². The van der Waals surface area contributed by atoms with Crippen LogP contribution in [0.15, 0.2) is 24.3 Å². The largest absolute Gasteiger partial charge is 0.497 e. The van der Waals surface area contributed by atoms with Crippen molar-refractivity contribution < 1.29 is 13.2 Å². The molecule has 1 aliphatic heterocycles. The van der Waals surface area contributed by atoms with E-state index in [4.69, 9.17) is 4.74 Å². The van der Waals surface area contributed by atoms with E-state index >= 15 is 0 Å². The maximum absolute atomic E-state index is 12.4. The summed E-state index contributed by atoms with van der Waals surface area (Å²) in [5.41, 5.74) is 1.01. The third-order valence-corrected chi connectivity index (χ3v) is 6.10. The van der Waals surface area contributed by atoms with E-state index in [0.717, 1.165) is 43.7 Å². The molecule has 1 aromatic rings. The third kappa shape index (κ3) is 4.21. The lowest BCUT2D eigenvalue weighted by molar-refractivity contribution is 0.414. The van der Waals surface area contributed by atoms with Crippen molar-refractivity contribution in [2.45, 2.75) is 30.9 Å². The summed E-state index contributed by atoms with van der Waals surface area (Å²) in [7, 11) is -1.39. The molecule has 1 atom stereocenters. The first-order valence-corrected chi connectivity index (χ1v) is 8.88. The minimum atomic E-state index is -3.01. The summed E-state index contributed by atoms with van der Waals surface area (Å²) in [5.74, 6) is 1.00. The molecule has 1 saturated heterocycles. The van der Waals surface area contributed by atoms with Gasteiger partial charge >= 0.3 is 0 Å². The molecule has 0 aliphatic carbocycles. The van der Waals surface area contributed by atoms with Gasteiger partial charge in [-0.15, -0.1) is 0 Å². The average molecular weight is 297 g/mol. The van der Waals surface area contributed by atoms with Crippen molar-refractivity contribution in [1.82, 2.24) is 5.32 Å². The van der Waals surface area contributed by atoms with E-state index in [9.17, 15) is 8.42 Å². The Balaban J connectivity index is 1.97. The first kappa shape index (κ1) is 15.3. The summed E-state index contributed by atoms with van der Waals surface area (Å²) < 4.78 is 30.0. The zero-order valence-corrected chi connectivity index (χ0v) is 12.8. The highest BCUT2D eigenvalue weighted by atomic mass is 32.2. The summed E-state index contributed by atoms with van der Waals surface area (Å²) >= 11 is 0. The predicted octanol–water partition coefficient (Wildman–Crippen LogP) is 1.79. The summed E-state index contributed by atoms with van der Waals surface area (Å²) in [5, 5.41) is 3.08. The fraction of sp³-hybridized carbons (Fsp3) is 0.600. The van der Waals surface area contributed by atoms with Crippen LogP contribution in [0.5, 0.6) is 5.75 Å². The van der Waals surface area contributed by atoms with Crippen molar-refractivity contribution >= 4 is 9.84 Å². The Labute approximate surface area is 121 Å². The lowest BCUT2D eigenvalue weighted by Gasteiger charge is -2.15. The normalized spacial score (nSPS) is 20.4. The topological polar surface area (TPSA) is 55.4 Å². The molecule has 4 nitrogen and oxygen atoms in total. The van der Waals surface area contributed by atoms with Crippen molar-refractivity contribution in [2.75, 3.05) is 26.0 Å². The zero-order valence-electron chi connectivity index (χ0n) is 12.0. The molecular weight excluding hydrogens is 274 g/mol. The van der Waals surface area contributed by atoms with E-state index in [0.29, 0.717) is 6.42 Å². The number of aryl methyl sites for hydroxylation is 1. The number of rotatable bonds is 5. The van der Waals surface area contributed by atoms with Gasteiger partial charge in [-0.3, -0.25) is 0 Å². The van der Waals surface area contributed by atoms with Crippen LogP contribution < -0.4 is 10.1 Å². The Hall–Kier alpha value is -1.07. The Morgan fingerprint density at radius 3 is 2.95 bits per heavy atom. The van der Waals surface area contributed by atoms with E-state index < -0.39 is 9.84 Å². The second-order valence-corrected chi connectivity index (χ2v) is 7.67. The molecule has 20 heavy (non-hydrogen) atoms. The van der Waals surface area contributed by atoms with Crippen LogP contribution >= 0.6 is 0 Å². The second kappa shape index (κ2) is 7.09. The number of benzene rings is 1. The molecule has 1 heterocycles. The van der Waals surface area contributed by atoms with Gasteiger partial charge in [0, 0.05) is 0 Å². The number of methoxy groups -OCH3 is 1. The minimum Gasteiger partial charge on any atom is -0.497 e. The number of hydrogen-bond donors (Lipinski definition) is 1. The van der Waals surface area contributed by atoms with Crippen molar-refractivity contribution in [2.24, 2.45) is 0 Å². The SMILES string of the molecule is COc1cccc(CCS(=O)(=O)C2CCCNCC2)c1. The van der Waals surface area contributed by atoms with Crippen molar-refractivity contribution in [1.29, 1.82) is 0 Å². The highest BCUT2D eigenvalue weighted by Crippen LogP contribution is 2.18. The molecule has 1 aliphatic rings. The second-order valence-electron chi connectivity index (χ2n) is 5.27. The van der Waals surface area contributed by atoms with Crippen LogP contribution in [-0.2, 0) is 16.3 Å². The summed E-state index contributed by atoms with van der Waals surface area (Å²) in [4.78, 5) is 0. The van der Waals surface area contributed by atoms with E-state index in [1.54, 1.807) is 7.11 Å². The minimum absolute atomic E-state index is 0.178. The van der Waals surface area contributed by atoms with Crippen LogP contribution in [-0.4, -0.2) is 39.6 Å². The van der Waals surface area contributed by atoms with Gasteiger partial charge in [0.15, 0.2) is 9.84 Å². The predicted molar refractivity (Wildman–Crippen MR) is 81.0 cm³/mol. The van der Waals surface area contributed by atoms with Crippen LogP contribution in [0.25, 0.3) is 0 Å². The standard InChI is InChI=1S/C15H23NO3S/c1-19-14-5-2-4-13(12-14)8-11-20(17,18)15-6-3-9-16-10-7-15/h2,4-5,12,15-16H,3,6-11H2,1H3. The van der Waals surface area contributed by atoms with Crippen LogP contribution in [0.4, 0.5) is 0 Å². The average Bonchev–Trinajstić information content (AvgIpc) is 2.75. The first-order valence-electron chi connectivity index (χ1n) is 7.17. The van der Waals surface area contributed by atoms with Gasteiger partial charge in [0.25, 0.3) is 0 Å². The molecule has 2 rings (SSSR count). The van der Waals surface area contributed by atoms with Crippen LogP contribution in [0.2, 0.25) is 0 Å². The molecule has 0 radical (unpaired) electrons. The molecule has 112 valence electrons. The summed E-state index contributed by atoms with van der Waals surface area (Å²) in [6.07, 6.45) is 3.03. The molecule has 0 saturated carbocycles. The Kier molecular flexibility index (Phi) is 5.43. The van der Waals surface area contributed by atoms with Gasteiger partial charge in [0.2, 0.25) is 0 Å². The first-order chi connectivity index (χ1) is 9.62. The van der Waals surface area contributed by atoms with Gasteiger partial charge in [-0.25, -0.2) is 8.42 Å². The van der Waals surface area contributed by atoms with Gasteiger partial charge in [0.1, 0.15) is 5.75 Å². The fourth-order valence-electron chi connectivity index (χ4n) is 2.60. The molecule has 0 aromatic heterocycles. The van der Waals surface area contributed by atoms with Gasteiger partial charge in [-0.2, -0.15) is 0 Å². The van der Waals surface area contributed by atoms with E-state index in [2.05, 4.69) is 5.32 Å².